The average molecular weight is 257 g/mol. The minimum Gasteiger partial charge on any atom is -0.504 e. The fourth-order valence-electron chi connectivity index (χ4n) is 1.23. The van der Waals surface area contributed by atoms with Crippen LogP contribution in [0.3, 0.4) is 0 Å². The van der Waals surface area contributed by atoms with Crippen LogP contribution in [0.15, 0.2) is 18.2 Å². The third-order valence-electron chi connectivity index (χ3n) is 2.20. The average Bonchev–Trinajstić information content (AvgIpc) is 2.32. The zero-order valence-corrected chi connectivity index (χ0v) is 10.3. The van der Waals surface area contributed by atoms with Crippen molar-refractivity contribution in [3.63, 3.8) is 0 Å². The molecule has 0 aliphatic carbocycles. The van der Waals surface area contributed by atoms with E-state index in [0.29, 0.717) is 11.5 Å². The largest absolute Gasteiger partial charge is 0.504 e. The van der Waals surface area contributed by atoms with Crippen LogP contribution in [0.1, 0.15) is 17.3 Å². The molecule has 3 N–H and O–H groups in total. The number of hydrogen-bond donors (Lipinski definition) is 3. The highest BCUT2D eigenvalue weighted by Crippen LogP contribution is 2.27. The number of hydrogen-bond acceptors (Lipinski definition) is 4. The normalized spacial score (nSPS) is 12.1. The summed E-state index contributed by atoms with van der Waals surface area (Å²) in [5, 5.41) is 21.2. The van der Waals surface area contributed by atoms with Gasteiger partial charge in [0.25, 0.3) is 5.91 Å². The van der Waals surface area contributed by atoms with Crippen LogP contribution in [0, 0.1) is 0 Å². The number of phenols is 2. The van der Waals surface area contributed by atoms with Gasteiger partial charge in [-0.05, 0) is 12.1 Å². The van der Waals surface area contributed by atoms with Gasteiger partial charge in [-0.1, -0.05) is 13.0 Å². The number of nitrogens with one attached hydrogen (secondary N) is 1. The van der Waals surface area contributed by atoms with Gasteiger partial charge >= 0.3 is 0 Å². The summed E-state index contributed by atoms with van der Waals surface area (Å²) in [5.41, 5.74) is 0.00674. The first-order valence-corrected chi connectivity index (χ1v) is 6.69. The van der Waals surface area contributed by atoms with E-state index < -0.39 is 22.5 Å². The molecular weight excluding hydrogens is 242 g/mol. The van der Waals surface area contributed by atoms with Gasteiger partial charge in [-0.2, -0.15) is 0 Å². The molecule has 0 spiro atoms. The Labute approximate surface area is 102 Å². The summed E-state index contributed by atoms with van der Waals surface area (Å²) in [4.78, 5) is 11.6. The smallest absolute Gasteiger partial charge is 0.255 e. The lowest BCUT2D eigenvalue weighted by molar-refractivity contribution is 0.0953. The number of carbonyl (C=O) groups is 1. The Morgan fingerprint density at radius 2 is 2.12 bits per heavy atom. The summed E-state index contributed by atoms with van der Waals surface area (Å²) in [6.07, 6.45) is 0. The number of amides is 1. The number of aromatic hydroxyl groups is 2. The van der Waals surface area contributed by atoms with Crippen LogP contribution in [-0.2, 0) is 10.8 Å². The molecule has 1 aromatic carbocycles. The summed E-state index contributed by atoms with van der Waals surface area (Å²) < 4.78 is 11.1. The minimum atomic E-state index is -0.936. The Balaban J connectivity index is 2.59. The van der Waals surface area contributed by atoms with E-state index in [1.54, 1.807) is 6.92 Å². The molecule has 0 fully saturated rings. The number of carbonyl (C=O) groups excluding carboxylic acids is 1. The molecule has 0 aliphatic rings. The van der Waals surface area contributed by atoms with Gasteiger partial charge in [0.15, 0.2) is 11.5 Å². The van der Waals surface area contributed by atoms with Gasteiger partial charge < -0.3 is 15.5 Å². The van der Waals surface area contributed by atoms with Crippen LogP contribution in [-0.4, -0.2) is 38.4 Å². The molecule has 1 unspecified atom stereocenters. The van der Waals surface area contributed by atoms with E-state index in [9.17, 15) is 19.2 Å². The molecule has 0 aromatic heterocycles. The van der Waals surface area contributed by atoms with Gasteiger partial charge in [0.2, 0.25) is 0 Å². The van der Waals surface area contributed by atoms with E-state index >= 15 is 0 Å². The lowest BCUT2D eigenvalue weighted by atomic mass is 10.2. The van der Waals surface area contributed by atoms with Crippen molar-refractivity contribution in [1.29, 1.82) is 0 Å². The molecule has 1 rings (SSSR count). The van der Waals surface area contributed by atoms with Gasteiger partial charge in [0.05, 0.1) is 5.56 Å². The van der Waals surface area contributed by atoms with Crippen molar-refractivity contribution in [2.45, 2.75) is 6.92 Å². The van der Waals surface area contributed by atoms with Crippen molar-refractivity contribution in [1.82, 2.24) is 5.32 Å². The summed E-state index contributed by atoms with van der Waals surface area (Å²) in [6.45, 7) is 2.08. The lowest BCUT2D eigenvalue weighted by Gasteiger charge is -2.07. The summed E-state index contributed by atoms with van der Waals surface area (Å²) >= 11 is 0. The molecule has 0 saturated carbocycles. The zero-order chi connectivity index (χ0) is 12.8. The number of rotatable bonds is 5. The van der Waals surface area contributed by atoms with E-state index in [4.69, 9.17) is 0 Å². The second-order valence-electron chi connectivity index (χ2n) is 3.36. The number of phenolic OH excluding ortho intramolecular Hbond substituents is 2. The first-order valence-electron chi connectivity index (χ1n) is 5.20. The maximum absolute atomic E-state index is 11.6. The third kappa shape index (κ3) is 3.74. The van der Waals surface area contributed by atoms with Crippen molar-refractivity contribution in [2.75, 3.05) is 18.1 Å². The molecule has 0 radical (unpaired) electrons. The number of benzene rings is 1. The zero-order valence-electron chi connectivity index (χ0n) is 9.47. The topological polar surface area (TPSA) is 86.6 Å². The fraction of sp³-hybridized carbons (Fsp3) is 0.364. The van der Waals surface area contributed by atoms with E-state index in [1.165, 1.54) is 18.2 Å². The molecule has 1 aromatic rings. The SMILES string of the molecule is CCS(=O)CCNC(=O)c1cccc(O)c1O. The molecule has 0 heterocycles. The fourth-order valence-corrected chi connectivity index (χ4v) is 1.85. The molecule has 1 atom stereocenters. The number of para-hydroxylation sites is 1. The van der Waals surface area contributed by atoms with Gasteiger partial charge in [0.1, 0.15) is 0 Å². The Kier molecular flexibility index (Phi) is 4.96. The van der Waals surface area contributed by atoms with Crippen molar-refractivity contribution >= 4 is 16.7 Å². The van der Waals surface area contributed by atoms with E-state index in [1.807, 2.05) is 0 Å². The van der Waals surface area contributed by atoms with Crippen molar-refractivity contribution < 1.29 is 19.2 Å². The Morgan fingerprint density at radius 3 is 2.76 bits per heavy atom. The van der Waals surface area contributed by atoms with Crippen molar-refractivity contribution in [3.8, 4) is 11.5 Å². The van der Waals surface area contributed by atoms with E-state index in [0.717, 1.165) is 0 Å². The van der Waals surface area contributed by atoms with Crippen LogP contribution in [0.25, 0.3) is 0 Å². The highest BCUT2D eigenvalue weighted by atomic mass is 32.2. The molecule has 6 heteroatoms. The lowest BCUT2D eigenvalue weighted by Crippen LogP contribution is -2.28. The van der Waals surface area contributed by atoms with Crippen LogP contribution < -0.4 is 5.32 Å². The molecule has 17 heavy (non-hydrogen) atoms. The first kappa shape index (κ1) is 13.5. The van der Waals surface area contributed by atoms with Gasteiger partial charge in [-0.25, -0.2) is 0 Å². The summed E-state index contributed by atoms with van der Waals surface area (Å²) in [5.74, 6) is -0.349. The summed E-state index contributed by atoms with van der Waals surface area (Å²) in [6, 6.07) is 4.16. The van der Waals surface area contributed by atoms with E-state index in [-0.39, 0.29) is 17.9 Å². The van der Waals surface area contributed by atoms with Gasteiger partial charge in [-0.3, -0.25) is 9.00 Å². The van der Waals surface area contributed by atoms with Crippen LogP contribution in [0.5, 0.6) is 11.5 Å². The Morgan fingerprint density at radius 1 is 1.41 bits per heavy atom. The van der Waals surface area contributed by atoms with Gasteiger partial charge in [0, 0.05) is 28.9 Å². The quantitative estimate of drug-likeness (QED) is 0.674. The highest BCUT2D eigenvalue weighted by molar-refractivity contribution is 7.84. The third-order valence-corrected chi connectivity index (χ3v) is 3.50. The van der Waals surface area contributed by atoms with Gasteiger partial charge in [-0.15, -0.1) is 0 Å². The first-order chi connectivity index (χ1) is 8.06. The van der Waals surface area contributed by atoms with E-state index in [2.05, 4.69) is 5.32 Å². The standard InChI is InChI=1S/C11H15NO4S/c1-2-17(16)7-6-12-11(15)8-4-3-5-9(13)10(8)14/h3-5,13-14H,2,6-7H2,1H3,(H,12,15). The monoisotopic (exact) mass is 257 g/mol. The Hall–Kier alpha value is -1.56. The molecule has 5 nitrogen and oxygen atoms in total. The van der Waals surface area contributed by atoms with Crippen LogP contribution in [0.2, 0.25) is 0 Å². The molecule has 0 aliphatic heterocycles. The Bertz CT molecular complexity index is 433. The second kappa shape index (κ2) is 6.24. The van der Waals surface area contributed by atoms with Crippen molar-refractivity contribution in [2.24, 2.45) is 0 Å². The maximum Gasteiger partial charge on any atom is 0.255 e. The summed E-state index contributed by atoms with van der Waals surface area (Å²) in [7, 11) is -0.936. The second-order valence-corrected chi connectivity index (χ2v) is 5.23. The molecule has 94 valence electrons. The van der Waals surface area contributed by atoms with Crippen LogP contribution >= 0.6 is 0 Å². The highest BCUT2D eigenvalue weighted by Gasteiger charge is 2.13. The van der Waals surface area contributed by atoms with Crippen LogP contribution in [0.4, 0.5) is 0 Å². The maximum atomic E-state index is 11.6. The molecule has 1 amide bonds. The molecule has 0 saturated heterocycles. The predicted octanol–water partition coefficient (Wildman–Crippen LogP) is 0.596. The minimum absolute atomic E-state index is 0.00674. The van der Waals surface area contributed by atoms with Crippen molar-refractivity contribution in [3.05, 3.63) is 23.8 Å². The molecular formula is C11H15NO4S. The molecule has 0 bridgehead atoms. The predicted molar refractivity (Wildman–Crippen MR) is 65.7 cm³/mol.